The van der Waals surface area contributed by atoms with Crippen LogP contribution in [0.5, 0.6) is 0 Å². The van der Waals surface area contributed by atoms with E-state index >= 15 is 0 Å². The predicted octanol–water partition coefficient (Wildman–Crippen LogP) is 5.08. The van der Waals surface area contributed by atoms with Crippen LogP contribution in [0.3, 0.4) is 0 Å². The Morgan fingerprint density at radius 1 is 1.15 bits per heavy atom. The summed E-state index contributed by atoms with van der Waals surface area (Å²) in [5, 5.41) is 2.62. The molecule has 138 valence electrons. The summed E-state index contributed by atoms with van der Waals surface area (Å²) in [4.78, 5) is 18.5. The normalized spacial score (nSPS) is 15.0. The molecule has 1 heterocycles. The number of nitrogens with one attached hydrogen (secondary N) is 1. The minimum absolute atomic E-state index is 0.0916. The highest BCUT2D eigenvalue weighted by Gasteiger charge is 2.31. The van der Waals surface area contributed by atoms with E-state index in [-0.39, 0.29) is 17.8 Å². The number of carbonyl (C=O) groups excluding carboxylic acids is 1. The van der Waals surface area contributed by atoms with Gasteiger partial charge in [0, 0.05) is 30.7 Å². The van der Waals surface area contributed by atoms with E-state index in [4.69, 9.17) is 0 Å². The van der Waals surface area contributed by atoms with E-state index < -0.39 is 11.7 Å². The molecular formula is C19H20F3N3O. The van der Waals surface area contributed by atoms with Crippen LogP contribution in [-0.4, -0.2) is 22.0 Å². The van der Waals surface area contributed by atoms with E-state index in [1.165, 1.54) is 12.1 Å². The summed E-state index contributed by atoms with van der Waals surface area (Å²) in [6, 6.07) is 8.08. The van der Waals surface area contributed by atoms with Crippen LogP contribution in [-0.2, 0) is 12.7 Å². The molecule has 2 amide bonds. The molecule has 2 aromatic rings. The number of alkyl halides is 3. The molecule has 26 heavy (non-hydrogen) atoms. The zero-order chi connectivity index (χ0) is 18.6. The summed E-state index contributed by atoms with van der Waals surface area (Å²) in [6.45, 7) is 0.401. The van der Waals surface area contributed by atoms with Gasteiger partial charge < -0.3 is 10.2 Å². The van der Waals surface area contributed by atoms with Crippen LogP contribution in [0.25, 0.3) is 0 Å². The first-order valence-electron chi connectivity index (χ1n) is 8.57. The number of aromatic nitrogens is 1. The second-order valence-corrected chi connectivity index (χ2v) is 6.43. The van der Waals surface area contributed by atoms with E-state index in [1.54, 1.807) is 17.3 Å². The maximum absolute atomic E-state index is 12.9. The molecule has 0 radical (unpaired) electrons. The van der Waals surface area contributed by atoms with Crippen molar-refractivity contribution in [3.8, 4) is 0 Å². The molecule has 0 aliphatic heterocycles. The topological polar surface area (TPSA) is 45.2 Å². The van der Waals surface area contributed by atoms with Gasteiger partial charge in [0.15, 0.2) is 0 Å². The first-order chi connectivity index (χ1) is 12.4. The summed E-state index contributed by atoms with van der Waals surface area (Å²) in [6.07, 6.45) is 2.79. The number of pyridine rings is 1. The Labute approximate surface area is 150 Å². The van der Waals surface area contributed by atoms with Crippen molar-refractivity contribution in [3.63, 3.8) is 0 Å². The van der Waals surface area contributed by atoms with Gasteiger partial charge in [-0.2, -0.15) is 13.2 Å². The molecule has 3 rings (SSSR count). The van der Waals surface area contributed by atoms with Gasteiger partial charge in [0.1, 0.15) is 0 Å². The fraction of sp³-hybridized carbons (Fsp3) is 0.368. The number of carbonyl (C=O) groups is 1. The number of amides is 2. The molecular weight excluding hydrogens is 343 g/mol. The van der Waals surface area contributed by atoms with Crippen molar-refractivity contribution < 1.29 is 18.0 Å². The summed E-state index contributed by atoms with van der Waals surface area (Å²) in [5.74, 6) is 0. The molecule has 1 saturated carbocycles. The zero-order valence-electron chi connectivity index (χ0n) is 14.2. The lowest BCUT2D eigenvalue weighted by Crippen LogP contribution is -2.41. The lowest BCUT2D eigenvalue weighted by atomic mass is 10.1. The maximum atomic E-state index is 12.9. The van der Waals surface area contributed by atoms with Gasteiger partial charge in [-0.3, -0.25) is 4.98 Å². The average Bonchev–Trinajstić information content (AvgIpc) is 3.14. The van der Waals surface area contributed by atoms with Gasteiger partial charge in [-0.1, -0.05) is 18.9 Å². The SMILES string of the molecule is O=C(Nc1cccc(C(F)(F)F)c1)N(Cc1ccncc1)C1CCCC1. The molecule has 0 atom stereocenters. The van der Waals surface area contributed by atoms with Crippen molar-refractivity contribution in [2.45, 2.75) is 44.4 Å². The van der Waals surface area contributed by atoms with Gasteiger partial charge in [0.2, 0.25) is 0 Å². The second-order valence-electron chi connectivity index (χ2n) is 6.43. The Kier molecular flexibility index (Phi) is 5.44. The van der Waals surface area contributed by atoms with Crippen LogP contribution in [0.15, 0.2) is 48.8 Å². The number of urea groups is 1. The van der Waals surface area contributed by atoms with Gasteiger partial charge in [0.05, 0.1) is 5.56 Å². The van der Waals surface area contributed by atoms with Crippen molar-refractivity contribution in [1.29, 1.82) is 0 Å². The summed E-state index contributed by atoms with van der Waals surface area (Å²) >= 11 is 0. The molecule has 0 spiro atoms. The van der Waals surface area contributed by atoms with Gasteiger partial charge in [-0.25, -0.2) is 4.79 Å². The minimum atomic E-state index is -4.44. The molecule has 1 fully saturated rings. The van der Waals surface area contributed by atoms with Crippen LogP contribution in [0.1, 0.15) is 36.8 Å². The largest absolute Gasteiger partial charge is 0.416 e. The Hall–Kier alpha value is -2.57. The quantitative estimate of drug-likeness (QED) is 0.824. The maximum Gasteiger partial charge on any atom is 0.416 e. The Balaban J connectivity index is 1.77. The molecule has 4 nitrogen and oxygen atoms in total. The van der Waals surface area contributed by atoms with E-state index in [2.05, 4.69) is 10.3 Å². The summed E-state index contributed by atoms with van der Waals surface area (Å²) in [7, 11) is 0. The highest BCUT2D eigenvalue weighted by atomic mass is 19.4. The fourth-order valence-corrected chi connectivity index (χ4v) is 3.24. The van der Waals surface area contributed by atoms with Gasteiger partial charge in [-0.15, -0.1) is 0 Å². The third-order valence-corrected chi connectivity index (χ3v) is 4.57. The Bertz CT molecular complexity index is 743. The third kappa shape index (κ3) is 4.53. The minimum Gasteiger partial charge on any atom is -0.317 e. The lowest BCUT2D eigenvalue weighted by molar-refractivity contribution is -0.137. The fourth-order valence-electron chi connectivity index (χ4n) is 3.24. The van der Waals surface area contributed by atoms with Crippen LogP contribution in [0, 0.1) is 0 Å². The number of benzene rings is 1. The van der Waals surface area contributed by atoms with Gasteiger partial charge >= 0.3 is 12.2 Å². The highest BCUT2D eigenvalue weighted by molar-refractivity contribution is 5.89. The van der Waals surface area contributed by atoms with Crippen molar-refractivity contribution in [2.24, 2.45) is 0 Å². The molecule has 0 unspecified atom stereocenters. The number of nitrogens with zero attached hydrogens (tertiary/aromatic N) is 2. The second kappa shape index (κ2) is 7.76. The monoisotopic (exact) mass is 363 g/mol. The van der Waals surface area contributed by atoms with E-state index in [0.29, 0.717) is 6.54 Å². The third-order valence-electron chi connectivity index (χ3n) is 4.57. The van der Waals surface area contributed by atoms with E-state index in [0.717, 1.165) is 43.4 Å². The number of rotatable bonds is 4. The van der Waals surface area contributed by atoms with Crippen molar-refractivity contribution >= 4 is 11.7 Å². The molecule has 0 saturated heterocycles. The summed E-state index contributed by atoms with van der Waals surface area (Å²) < 4.78 is 38.6. The molecule has 7 heteroatoms. The Morgan fingerprint density at radius 3 is 2.50 bits per heavy atom. The van der Waals surface area contributed by atoms with Crippen molar-refractivity contribution in [3.05, 3.63) is 59.9 Å². The highest BCUT2D eigenvalue weighted by Crippen LogP contribution is 2.31. The zero-order valence-corrected chi connectivity index (χ0v) is 14.2. The average molecular weight is 363 g/mol. The van der Waals surface area contributed by atoms with E-state index in [9.17, 15) is 18.0 Å². The van der Waals surface area contributed by atoms with Crippen LogP contribution in [0.2, 0.25) is 0 Å². The number of hydrogen-bond acceptors (Lipinski definition) is 2. The molecule has 1 N–H and O–H groups in total. The predicted molar refractivity (Wildman–Crippen MR) is 92.5 cm³/mol. The molecule has 1 aromatic heterocycles. The van der Waals surface area contributed by atoms with Crippen molar-refractivity contribution in [2.75, 3.05) is 5.32 Å². The lowest BCUT2D eigenvalue weighted by Gasteiger charge is -2.29. The molecule has 1 aromatic carbocycles. The summed E-state index contributed by atoms with van der Waals surface area (Å²) in [5.41, 5.74) is 0.297. The molecule has 1 aliphatic carbocycles. The first-order valence-corrected chi connectivity index (χ1v) is 8.57. The van der Waals surface area contributed by atoms with Crippen LogP contribution >= 0.6 is 0 Å². The van der Waals surface area contributed by atoms with Crippen molar-refractivity contribution in [1.82, 2.24) is 9.88 Å². The molecule has 0 bridgehead atoms. The van der Waals surface area contributed by atoms with Gasteiger partial charge in [-0.05, 0) is 48.7 Å². The van der Waals surface area contributed by atoms with Crippen LogP contribution in [0.4, 0.5) is 23.7 Å². The number of halogens is 3. The number of hydrogen-bond donors (Lipinski definition) is 1. The Morgan fingerprint density at radius 2 is 1.85 bits per heavy atom. The standard InChI is InChI=1S/C19H20F3N3O/c20-19(21,22)15-4-3-5-16(12-15)24-18(26)25(17-6-1-2-7-17)13-14-8-10-23-11-9-14/h3-5,8-12,17H,1-2,6-7,13H2,(H,24,26). The van der Waals surface area contributed by atoms with Crippen LogP contribution < -0.4 is 5.32 Å². The molecule has 1 aliphatic rings. The number of anilines is 1. The van der Waals surface area contributed by atoms with Gasteiger partial charge in [0.25, 0.3) is 0 Å². The first kappa shape index (κ1) is 18.2. The smallest absolute Gasteiger partial charge is 0.317 e. The van der Waals surface area contributed by atoms with E-state index in [1.807, 2.05) is 12.1 Å².